The van der Waals surface area contributed by atoms with Crippen molar-refractivity contribution < 1.29 is 20.4 Å². The summed E-state index contributed by atoms with van der Waals surface area (Å²) in [5, 5.41) is 9.87. The molecule has 0 aromatic heterocycles. The molecule has 0 radical (unpaired) electrons. The van der Waals surface area contributed by atoms with Crippen LogP contribution in [0.1, 0.15) is 32.4 Å². The zero-order valence-corrected chi connectivity index (χ0v) is 10.5. The fourth-order valence-corrected chi connectivity index (χ4v) is 1.41. The Labute approximate surface area is 101 Å². The summed E-state index contributed by atoms with van der Waals surface area (Å²) in [7, 11) is 0. The first-order valence-electron chi connectivity index (χ1n) is 5.60. The SMILES string of the molecule is CC(C)(C)OC(=O)[C@H](O)[C@H]([NH3+])c1ccccc1. The highest BCUT2D eigenvalue weighted by Gasteiger charge is 2.31. The van der Waals surface area contributed by atoms with Crippen molar-refractivity contribution >= 4 is 5.97 Å². The standard InChI is InChI=1S/C13H19NO3/c1-13(2,3)17-12(16)11(15)10(14)9-7-5-4-6-8-9/h4-8,10-11,15H,14H2,1-3H3/p+1/t10-,11-/m1/s1. The number of ether oxygens (including phenoxy) is 1. The Kier molecular flexibility index (Phi) is 4.26. The number of hydrogen-bond donors (Lipinski definition) is 2. The number of carbonyl (C=O) groups is 1. The number of rotatable bonds is 3. The summed E-state index contributed by atoms with van der Waals surface area (Å²) >= 11 is 0. The second-order valence-electron chi connectivity index (χ2n) is 5.00. The molecule has 94 valence electrons. The molecule has 0 spiro atoms. The van der Waals surface area contributed by atoms with Gasteiger partial charge < -0.3 is 15.6 Å². The molecule has 0 saturated carbocycles. The summed E-state index contributed by atoms with van der Waals surface area (Å²) < 4.78 is 5.11. The normalized spacial score (nSPS) is 15.1. The van der Waals surface area contributed by atoms with Crippen LogP contribution in [0.3, 0.4) is 0 Å². The van der Waals surface area contributed by atoms with Crippen molar-refractivity contribution in [3.63, 3.8) is 0 Å². The minimum atomic E-state index is -1.24. The lowest BCUT2D eigenvalue weighted by atomic mass is 10.0. The smallest absolute Gasteiger partial charge is 0.342 e. The van der Waals surface area contributed by atoms with Crippen molar-refractivity contribution in [3.05, 3.63) is 35.9 Å². The van der Waals surface area contributed by atoms with Gasteiger partial charge in [0.25, 0.3) is 0 Å². The van der Waals surface area contributed by atoms with E-state index in [1.165, 1.54) is 0 Å². The first-order chi connectivity index (χ1) is 7.81. The maximum atomic E-state index is 11.7. The van der Waals surface area contributed by atoms with Gasteiger partial charge in [0.1, 0.15) is 11.6 Å². The summed E-state index contributed by atoms with van der Waals surface area (Å²) in [5.41, 5.74) is 4.02. The minimum absolute atomic E-state index is 0.522. The molecule has 1 aromatic carbocycles. The Hall–Kier alpha value is -1.39. The Morgan fingerprint density at radius 1 is 1.29 bits per heavy atom. The third kappa shape index (κ3) is 4.17. The second-order valence-corrected chi connectivity index (χ2v) is 5.00. The largest absolute Gasteiger partial charge is 0.458 e. The third-order valence-electron chi connectivity index (χ3n) is 2.26. The van der Waals surface area contributed by atoms with E-state index >= 15 is 0 Å². The molecule has 0 heterocycles. The summed E-state index contributed by atoms with van der Waals surface area (Å²) in [4.78, 5) is 11.7. The molecule has 0 aliphatic rings. The summed E-state index contributed by atoms with van der Waals surface area (Å²) in [6, 6.07) is 8.68. The van der Waals surface area contributed by atoms with E-state index in [-0.39, 0.29) is 0 Å². The average molecular weight is 238 g/mol. The molecule has 4 N–H and O–H groups in total. The monoisotopic (exact) mass is 238 g/mol. The highest BCUT2D eigenvalue weighted by Crippen LogP contribution is 2.16. The number of aliphatic hydroxyl groups excluding tert-OH is 1. The third-order valence-corrected chi connectivity index (χ3v) is 2.26. The van der Waals surface area contributed by atoms with Crippen LogP contribution >= 0.6 is 0 Å². The van der Waals surface area contributed by atoms with E-state index in [4.69, 9.17) is 4.74 Å². The Bertz CT molecular complexity index is 370. The number of hydrogen-bond acceptors (Lipinski definition) is 3. The molecule has 4 nitrogen and oxygen atoms in total. The maximum Gasteiger partial charge on any atom is 0.342 e. The van der Waals surface area contributed by atoms with Gasteiger partial charge in [-0.2, -0.15) is 0 Å². The average Bonchev–Trinajstić information content (AvgIpc) is 2.26. The van der Waals surface area contributed by atoms with E-state index in [0.717, 1.165) is 5.56 Å². The lowest BCUT2D eigenvalue weighted by Crippen LogP contribution is -2.61. The van der Waals surface area contributed by atoms with Crippen LogP contribution in [-0.2, 0) is 9.53 Å². The van der Waals surface area contributed by atoms with E-state index < -0.39 is 23.7 Å². The minimum Gasteiger partial charge on any atom is -0.458 e. The van der Waals surface area contributed by atoms with Gasteiger partial charge in [0.2, 0.25) is 6.10 Å². The highest BCUT2D eigenvalue weighted by molar-refractivity contribution is 5.75. The molecular formula is C13H20NO3+. The van der Waals surface area contributed by atoms with E-state index in [1.807, 2.05) is 30.3 Å². The van der Waals surface area contributed by atoms with E-state index in [2.05, 4.69) is 5.73 Å². The van der Waals surface area contributed by atoms with Crippen LogP contribution in [0.4, 0.5) is 0 Å². The van der Waals surface area contributed by atoms with Crippen LogP contribution in [0.5, 0.6) is 0 Å². The van der Waals surface area contributed by atoms with Gasteiger partial charge in [0, 0.05) is 5.56 Å². The summed E-state index contributed by atoms with van der Waals surface area (Å²) in [6.45, 7) is 5.29. The highest BCUT2D eigenvalue weighted by atomic mass is 16.6. The Morgan fingerprint density at radius 3 is 2.29 bits per heavy atom. The number of quaternary nitrogens is 1. The summed E-state index contributed by atoms with van der Waals surface area (Å²) in [6.07, 6.45) is -1.24. The first-order valence-corrected chi connectivity index (χ1v) is 5.60. The fraction of sp³-hybridized carbons (Fsp3) is 0.462. The molecule has 1 rings (SSSR count). The molecule has 0 saturated heterocycles. The Morgan fingerprint density at radius 2 is 1.82 bits per heavy atom. The van der Waals surface area contributed by atoms with E-state index in [9.17, 15) is 9.90 Å². The van der Waals surface area contributed by atoms with Gasteiger partial charge in [-0.25, -0.2) is 4.79 Å². The number of aliphatic hydroxyl groups is 1. The molecule has 2 atom stereocenters. The molecule has 0 fully saturated rings. The zero-order valence-electron chi connectivity index (χ0n) is 10.5. The first kappa shape index (κ1) is 13.7. The van der Waals surface area contributed by atoms with Crippen LogP contribution in [0.2, 0.25) is 0 Å². The Balaban J connectivity index is 2.70. The predicted molar refractivity (Wildman–Crippen MR) is 63.9 cm³/mol. The lowest BCUT2D eigenvalue weighted by molar-refractivity contribution is -0.441. The van der Waals surface area contributed by atoms with E-state index in [0.29, 0.717) is 0 Å². The van der Waals surface area contributed by atoms with Gasteiger partial charge >= 0.3 is 5.97 Å². The van der Waals surface area contributed by atoms with Crippen LogP contribution < -0.4 is 5.73 Å². The van der Waals surface area contributed by atoms with Crippen LogP contribution in [-0.4, -0.2) is 22.8 Å². The second kappa shape index (κ2) is 5.29. The van der Waals surface area contributed by atoms with Crippen molar-refractivity contribution in [1.29, 1.82) is 0 Å². The van der Waals surface area contributed by atoms with Gasteiger partial charge in [-0.05, 0) is 20.8 Å². The van der Waals surface area contributed by atoms with Crippen molar-refractivity contribution in [2.45, 2.75) is 38.5 Å². The van der Waals surface area contributed by atoms with Gasteiger partial charge in [0.05, 0.1) is 0 Å². The van der Waals surface area contributed by atoms with Crippen LogP contribution in [0.15, 0.2) is 30.3 Å². The summed E-state index contributed by atoms with van der Waals surface area (Å²) in [5.74, 6) is -0.638. The number of benzene rings is 1. The molecule has 0 aliphatic heterocycles. The fourth-order valence-electron chi connectivity index (χ4n) is 1.41. The van der Waals surface area contributed by atoms with Gasteiger partial charge in [-0.1, -0.05) is 30.3 Å². The van der Waals surface area contributed by atoms with Crippen LogP contribution in [0, 0.1) is 0 Å². The lowest BCUT2D eigenvalue weighted by Gasteiger charge is -2.23. The molecule has 4 heteroatoms. The molecule has 0 bridgehead atoms. The molecule has 0 aliphatic carbocycles. The molecule has 1 aromatic rings. The molecule has 0 amide bonds. The van der Waals surface area contributed by atoms with Crippen molar-refractivity contribution in [2.75, 3.05) is 0 Å². The van der Waals surface area contributed by atoms with Crippen molar-refractivity contribution in [1.82, 2.24) is 0 Å². The van der Waals surface area contributed by atoms with Gasteiger partial charge in [-0.15, -0.1) is 0 Å². The van der Waals surface area contributed by atoms with Gasteiger partial charge in [0.15, 0.2) is 0 Å². The van der Waals surface area contributed by atoms with Crippen molar-refractivity contribution in [2.24, 2.45) is 0 Å². The van der Waals surface area contributed by atoms with Crippen LogP contribution in [0.25, 0.3) is 0 Å². The number of carbonyl (C=O) groups excluding carboxylic acids is 1. The molecule has 0 unspecified atom stereocenters. The topological polar surface area (TPSA) is 74.2 Å². The maximum absolute atomic E-state index is 11.7. The number of esters is 1. The molecule has 17 heavy (non-hydrogen) atoms. The van der Waals surface area contributed by atoms with E-state index in [1.54, 1.807) is 20.8 Å². The predicted octanol–water partition coefficient (Wildman–Crippen LogP) is 0.672. The quantitative estimate of drug-likeness (QED) is 0.760. The molecular weight excluding hydrogens is 218 g/mol. The van der Waals surface area contributed by atoms with Gasteiger partial charge in [-0.3, -0.25) is 0 Å². The zero-order chi connectivity index (χ0) is 13.1. The van der Waals surface area contributed by atoms with Crippen molar-refractivity contribution in [3.8, 4) is 0 Å².